The number of benzene rings is 2. The summed E-state index contributed by atoms with van der Waals surface area (Å²) >= 11 is 2.79. The van der Waals surface area contributed by atoms with Crippen molar-refractivity contribution < 1.29 is 14.8 Å². The van der Waals surface area contributed by atoms with Crippen LogP contribution in [-0.4, -0.2) is 40.5 Å². The smallest absolute Gasteiger partial charge is 0.267 e. The van der Waals surface area contributed by atoms with Crippen LogP contribution in [0.4, 0.5) is 5.69 Å². The number of thiophene rings is 1. The van der Waals surface area contributed by atoms with Gasteiger partial charge in [0.15, 0.2) is 5.16 Å². The van der Waals surface area contributed by atoms with Crippen molar-refractivity contribution in [2.75, 3.05) is 18.8 Å². The highest BCUT2D eigenvalue weighted by molar-refractivity contribution is 7.99. The van der Waals surface area contributed by atoms with Crippen LogP contribution in [0.25, 0.3) is 15.9 Å². The molecule has 0 saturated heterocycles. The predicted octanol–water partition coefficient (Wildman–Crippen LogP) is 3.51. The minimum absolute atomic E-state index is 0.0146. The van der Waals surface area contributed by atoms with Crippen molar-refractivity contribution in [3.63, 3.8) is 0 Å². The molecule has 2 N–H and O–H groups in total. The summed E-state index contributed by atoms with van der Waals surface area (Å²) in [5, 5.41) is 17.7. The summed E-state index contributed by atoms with van der Waals surface area (Å²) in [6.45, 7) is 7.94. The Morgan fingerprint density at radius 2 is 1.93 bits per heavy atom. The molecule has 208 valence electrons. The topological polar surface area (TPSA) is 104 Å². The molecule has 8 nitrogen and oxygen atoms in total. The minimum Gasteiger partial charge on any atom is -0.872 e. The van der Waals surface area contributed by atoms with Crippen LogP contribution in [0.1, 0.15) is 48.3 Å². The Morgan fingerprint density at radius 1 is 1.18 bits per heavy atom. The van der Waals surface area contributed by atoms with E-state index in [9.17, 15) is 14.7 Å². The highest BCUT2D eigenvalue weighted by Crippen LogP contribution is 2.35. The molecule has 2 aromatic heterocycles. The van der Waals surface area contributed by atoms with Gasteiger partial charge in [0.1, 0.15) is 10.5 Å². The first kappa shape index (κ1) is 28.1. The third kappa shape index (κ3) is 5.84. The number of amides is 1. The third-order valence-corrected chi connectivity index (χ3v) is 9.38. The number of nitrogens with one attached hydrogen (secondary N) is 2. The largest absolute Gasteiger partial charge is 0.872 e. The van der Waals surface area contributed by atoms with Crippen molar-refractivity contribution >= 4 is 51.1 Å². The van der Waals surface area contributed by atoms with Crippen LogP contribution in [0.2, 0.25) is 0 Å². The number of fused-ring (bicyclic) bond motifs is 3. The fourth-order valence-electron chi connectivity index (χ4n) is 5.06. The third-order valence-electron chi connectivity index (χ3n) is 7.25. The molecule has 1 amide bonds. The van der Waals surface area contributed by atoms with E-state index in [2.05, 4.69) is 24.4 Å². The quantitative estimate of drug-likeness (QED) is 0.138. The lowest BCUT2D eigenvalue weighted by atomic mass is 9.97. The summed E-state index contributed by atoms with van der Waals surface area (Å²) in [5.41, 5.74) is 6.72. The molecule has 0 saturated carbocycles. The van der Waals surface area contributed by atoms with Gasteiger partial charge in [-0.1, -0.05) is 35.2 Å². The first-order valence-corrected chi connectivity index (χ1v) is 15.4. The molecule has 10 heteroatoms. The van der Waals surface area contributed by atoms with E-state index in [-0.39, 0.29) is 23.0 Å². The average Bonchev–Trinajstić information content (AvgIpc) is 3.33. The Labute approximate surface area is 241 Å². The van der Waals surface area contributed by atoms with Gasteiger partial charge in [-0.3, -0.25) is 14.2 Å². The maximum atomic E-state index is 13.8. The van der Waals surface area contributed by atoms with Crippen LogP contribution in [0, 0.1) is 6.92 Å². The number of nitrogens with zero attached hydrogens (tertiary/aromatic N) is 3. The van der Waals surface area contributed by atoms with Gasteiger partial charge in [0, 0.05) is 4.88 Å². The van der Waals surface area contributed by atoms with E-state index in [0.717, 1.165) is 66.1 Å². The number of aryl methyl sites for hydroxylation is 3. The summed E-state index contributed by atoms with van der Waals surface area (Å²) in [6.07, 6.45) is 5.46. The molecule has 0 radical (unpaired) electrons. The van der Waals surface area contributed by atoms with Gasteiger partial charge in [0.25, 0.3) is 11.5 Å². The summed E-state index contributed by atoms with van der Waals surface area (Å²) in [5.74, 6) is -0.475. The van der Waals surface area contributed by atoms with Gasteiger partial charge in [-0.05, 0) is 87.9 Å². The summed E-state index contributed by atoms with van der Waals surface area (Å²) in [7, 11) is 0. The molecule has 0 fully saturated rings. The van der Waals surface area contributed by atoms with Crippen molar-refractivity contribution in [2.24, 2.45) is 5.10 Å². The number of hydrogen-bond acceptors (Lipinski definition) is 7. The fraction of sp³-hybridized carbons (Fsp3) is 0.333. The Hall–Kier alpha value is -3.47. The molecule has 5 rings (SSSR count). The maximum absolute atomic E-state index is 13.8. The molecule has 1 aliphatic rings. The number of thioether (sulfide) groups is 1. The number of hydrogen-bond donors (Lipinski definition) is 2. The zero-order valence-corrected chi connectivity index (χ0v) is 24.6. The molecule has 0 unspecified atom stereocenters. The van der Waals surface area contributed by atoms with Crippen LogP contribution >= 0.6 is 23.1 Å². The zero-order valence-electron chi connectivity index (χ0n) is 23.0. The Morgan fingerprint density at radius 3 is 2.65 bits per heavy atom. The molecule has 2 heterocycles. The van der Waals surface area contributed by atoms with E-state index in [1.165, 1.54) is 27.8 Å². The molecule has 0 bridgehead atoms. The van der Waals surface area contributed by atoms with Crippen molar-refractivity contribution in [3.05, 3.63) is 74.4 Å². The normalized spacial score (nSPS) is 13.3. The second kappa shape index (κ2) is 12.4. The fourth-order valence-corrected chi connectivity index (χ4v) is 7.17. The van der Waals surface area contributed by atoms with Gasteiger partial charge < -0.3 is 10.0 Å². The monoisotopic (exact) mass is 575 g/mol. The second-order valence-electron chi connectivity index (χ2n) is 9.91. The molecule has 1 aliphatic carbocycles. The molecule has 2 aromatic carbocycles. The number of carbonyl (C=O) groups is 1. The Balaban J connectivity index is 1.35. The van der Waals surface area contributed by atoms with E-state index in [1.807, 2.05) is 37.3 Å². The first-order valence-electron chi connectivity index (χ1n) is 13.6. The first-order chi connectivity index (χ1) is 19.4. The number of hydrazone groups is 1. The molecule has 0 spiro atoms. The van der Waals surface area contributed by atoms with Crippen LogP contribution in [0.5, 0.6) is 5.75 Å². The van der Waals surface area contributed by atoms with Crippen LogP contribution in [0.3, 0.4) is 0 Å². The van der Waals surface area contributed by atoms with Gasteiger partial charge in [-0.2, -0.15) is 5.10 Å². The molecular weight excluding hydrogens is 542 g/mol. The highest BCUT2D eigenvalue weighted by atomic mass is 32.2. The molecule has 0 aliphatic heterocycles. The van der Waals surface area contributed by atoms with E-state index < -0.39 is 0 Å². The number of rotatable bonds is 9. The van der Waals surface area contributed by atoms with E-state index in [4.69, 9.17) is 4.98 Å². The lowest BCUT2D eigenvalue weighted by Crippen LogP contribution is -3.06. The number of quaternary nitrogens is 1. The molecule has 4 aromatic rings. The highest BCUT2D eigenvalue weighted by Gasteiger charge is 2.23. The maximum Gasteiger partial charge on any atom is 0.267 e. The minimum atomic E-state index is -0.354. The van der Waals surface area contributed by atoms with Crippen molar-refractivity contribution in [3.8, 4) is 11.4 Å². The van der Waals surface area contributed by atoms with E-state index in [1.54, 1.807) is 28.0 Å². The number of carbonyl (C=O) groups excluding carboxylic acids is 1. The van der Waals surface area contributed by atoms with Crippen molar-refractivity contribution in [2.45, 2.75) is 51.6 Å². The van der Waals surface area contributed by atoms with E-state index >= 15 is 0 Å². The van der Waals surface area contributed by atoms with Crippen molar-refractivity contribution in [1.29, 1.82) is 0 Å². The molecule has 0 atom stereocenters. The van der Waals surface area contributed by atoms with Gasteiger partial charge in [-0.25, -0.2) is 10.4 Å². The SMILES string of the molecule is CC[NH+](CC)c1ccc(/C=N/NC(=O)CSc2nc3sc4c(c3c(=O)n2-c2ccc(C)cc2)CCCC4)c([O-])c1. The summed E-state index contributed by atoms with van der Waals surface area (Å²) < 4.78 is 1.62. The van der Waals surface area contributed by atoms with Crippen molar-refractivity contribution in [1.82, 2.24) is 15.0 Å². The zero-order chi connectivity index (χ0) is 28.2. The molecule has 40 heavy (non-hydrogen) atoms. The Bertz CT molecular complexity index is 1620. The number of aromatic nitrogens is 2. The summed E-state index contributed by atoms with van der Waals surface area (Å²) in [6, 6.07) is 13.0. The lowest BCUT2D eigenvalue weighted by Gasteiger charge is -2.18. The Kier molecular flexibility index (Phi) is 8.68. The van der Waals surface area contributed by atoms with Gasteiger partial charge in [0.05, 0.1) is 36.1 Å². The average molecular weight is 576 g/mol. The predicted molar refractivity (Wildman–Crippen MR) is 161 cm³/mol. The lowest BCUT2D eigenvalue weighted by molar-refractivity contribution is -0.828. The molecular formula is C30H33N5O3S2. The van der Waals surface area contributed by atoms with Gasteiger partial charge in [-0.15, -0.1) is 11.3 Å². The van der Waals surface area contributed by atoms with Gasteiger partial charge in [0.2, 0.25) is 0 Å². The van der Waals surface area contributed by atoms with Crippen LogP contribution < -0.4 is 21.0 Å². The standard InChI is InChI=1S/C30H33N5O3S2/c1-4-34(5-2)22-15-12-20(24(36)16-22)17-31-33-26(37)18-39-30-32-28-27(23-8-6-7-9-25(23)40-28)29(38)35(30)21-13-10-19(3)11-14-21/h10-17,36H,4-9,18H2,1-3H3,(H,33,37)/b31-17+. The van der Waals surface area contributed by atoms with Gasteiger partial charge >= 0.3 is 0 Å². The van der Waals surface area contributed by atoms with Crippen LogP contribution in [0.15, 0.2) is 57.5 Å². The second-order valence-corrected chi connectivity index (χ2v) is 11.9. The summed E-state index contributed by atoms with van der Waals surface area (Å²) in [4.78, 5) is 34.6. The van der Waals surface area contributed by atoms with E-state index in [0.29, 0.717) is 16.1 Å². The van der Waals surface area contributed by atoms with Crippen LogP contribution in [-0.2, 0) is 17.6 Å².